The molecule has 0 spiro atoms. The van der Waals surface area contributed by atoms with Gasteiger partial charge in [0.25, 0.3) is 0 Å². The van der Waals surface area contributed by atoms with E-state index in [2.05, 4.69) is 24.4 Å². The maximum Gasteiger partial charge on any atom is 0.416 e. The van der Waals surface area contributed by atoms with Gasteiger partial charge in [0, 0.05) is 11.6 Å². The molecule has 0 saturated carbocycles. The van der Waals surface area contributed by atoms with Gasteiger partial charge < -0.3 is 9.73 Å². The number of alkyl halides is 3. The van der Waals surface area contributed by atoms with Crippen LogP contribution in [0, 0.1) is 0 Å². The third kappa shape index (κ3) is 5.47. The lowest BCUT2D eigenvalue weighted by molar-refractivity contribution is -0.137. The van der Waals surface area contributed by atoms with Gasteiger partial charge in [0.1, 0.15) is 11.5 Å². The molecule has 142 valence electrons. The zero-order chi connectivity index (χ0) is 19.3. The highest BCUT2D eigenvalue weighted by Gasteiger charge is 2.30. The first-order chi connectivity index (χ1) is 12.9. The van der Waals surface area contributed by atoms with Gasteiger partial charge in [-0.3, -0.25) is 0 Å². The highest BCUT2D eigenvalue weighted by atomic mass is 19.4. The SMILES string of the molecule is C[C@@H](CCc1ccccc1)NCc1ccc(-c2cccc(C(F)(F)F)c2)o1. The zero-order valence-corrected chi connectivity index (χ0v) is 15.1. The molecular weight excluding hydrogens is 351 g/mol. The van der Waals surface area contributed by atoms with Crippen LogP contribution in [0.5, 0.6) is 0 Å². The summed E-state index contributed by atoms with van der Waals surface area (Å²) >= 11 is 0. The van der Waals surface area contributed by atoms with E-state index in [1.165, 1.54) is 11.6 Å². The molecule has 1 heterocycles. The summed E-state index contributed by atoms with van der Waals surface area (Å²) in [6.07, 6.45) is -2.38. The van der Waals surface area contributed by atoms with Gasteiger partial charge in [-0.2, -0.15) is 13.2 Å². The Labute approximate surface area is 157 Å². The number of nitrogens with one attached hydrogen (secondary N) is 1. The normalized spacial score (nSPS) is 12.9. The first-order valence-electron chi connectivity index (χ1n) is 8.95. The van der Waals surface area contributed by atoms with E-state index < -0.39 is 11.7 Å². The Kier molecular flexibility index (Phi) is 6.01. The van der Waals surface area contributed by atoms with Crippen LogP contribution in [0.3, 0.4) is 0 Å². The minimum atomic E-state index is -4.36. The van der Waals surface area contributed by atoms with Crippen LogP contribution in [-0.2, 0) is 19.1 Å². The molecule has 1 aromatic heterocycles. The molecule has 0 bridgehead atoms. The van der Waals surface area contributed by atoms with Crippen molar-refractivity contribution in [1.82, 2.24) is 5.32 Å². The molecule has 3 aromatic rings. The van der Waals surface area contributed by atoms with Gasteiger partial charge >= 0.3 is 6.18 Å². The van der Waals surface area contributed by atoms with Gasteiger partial charge in [-0.15, -0.1) is 0 Å². The second-order valence-electron chi connectivity index (χ2n) is 6.65. The van der Waals surface area contributed by atoms with E-state index in [1.54, 1.807) is 18.2 Å². The molecule has 0 aliphatic heterocycles. The van der Waals surface area contributed by atoms with E-state index in [9.17, 15) is 13.2 Å². The standard InChI is InChI=1S/C22H22F3NO/c1-16(10-11-17-6-3-2-4-7-17)26-15-20-12-13-21(27-20)18-8-5-9-19(14-18)22(23,24)25/h2-9,12-14,16,26H,10-11,15H2,1H3/t16-/m0/s1. The Morgan fingerprint density at radius 3 is 2.48 bits per heavy atom. The van der Waals surface area contributed by atoms with Crippen LogP contribution in [0.1, 0.15) is 30.2 Å². The van der Waals surface area contributed by atoms with Gasteiger partial charge in [0.15, 0.2) is 0 Å². The van der Waals surface area contributed by atoms with E-state index in [4.69, 9.17) is 4.42 Å². The summed E-state index contributed by atoms with van der Waals surface area (Å²) in [5.41, 5.74) is 1.05. The highest BCUT2D eigenvalue weighted by molar-refractivity contribution is 5.58. The second-order valence-corrected chi connectivity index (χ2v) is 6.65. The van der Waals surface area contributed by atoms with Gasteiger partial charge in [0.2, 0.25) is 0 Å². The number of furan rings is 1. The van der Waals surface area contributed by atoms with E-state index in [0.29, 0.717) is 29.7 Å². The van der Waals surface area contributed by atoms with Crippen molar-refractivity contribution >= 4 is 0 Å². The lowest BCUT2D eigenvalue weighted by Gasteiger charge is -2.12. The number of halogens is 3. The molecule has 1 N–H and O–H groups in total. The van der Waals surface area contributed by atoms with Crippen LogP contribution in [0.4, 0.5) is 13.2 Å². The monoisotopic (exact) mass is 373 g/mol. The molecule has 2 nitrogen and oxygen atoms in total. The van der Waals surface area contributed by atoms with Crippen LogP contribution >= 0.6 is 0 Å². The molecule has 3 rings (SSSR count). The summed E-state index contributed by atoms with van der Waals surface area (Å²) < 4.78 is 44.3. The fourth-order valence-electron chi connectivity index (χ4n) is 2.88. The van der Waals surface area contributed by atoms with Crippen molar-refractivity contribution in [1.29, 1.82) is 0 Å². The van der Waals surface area contributed by atoms with Crippen molar-refractivity contribution in [3.63, 3.8) is 0 Å². The predicted molar refractivity (Wildman–Crippen MR) is 100 cm³/mol. The third-order valence-corrected chi connectivity index (χ3v) is 4.47. The Balaban J connectivity index is 1.55. The number of aryl methyl sites for hydroxylation is 1. The number of benzene rings is 2. The zero-order valence-electron chi connectivity index (χ0n) is 15.1. The summed E-state index contributed by atoms with van der Waals surface area (Å²) in [6.45, 7) is 2.65. The van der Waals surface area contributed by atoms with Crippen LogP contribution < -0.4 is 5.32 Å². The van der Waals surface area contributed by atoms with Crippen molar-refractivity contribution < 1.29 is 17.6 Å². The molecule has 0 saturated heterocycles. The van der Waals surface area contributed by atoms with Crippen molar-refractivity contribution in [3.05, 3.63) is 83.6 Å². The van der Waals surface area contributed by atoms with Crippen molar-refractivity contribution in [2.75, 3.05) is 0 Å². The Hall–Kier alpha value is -2.53. The van der Waals surface area contributed by atoms with Crippen LogP contribution in [0.25, 0.3) is 11.3 Å². The lowest BCUT2D eigenvalue weighted by Crippen LogP contribution is -2.25. The maximum absolute atomic E-state index is 12.9. The molecule has 2 aromatic carbocycles. The molecule has 0 unspecified atom stereocenters. The third-order valence-electron chi connectivity index (χ3n) is 4.47. The lowest BCUT2D eigenvalue weighted by atomic mass is 10.1. The van der Waals surface area contributed by atoms with E-state index in [0.717, 1.165) is 25.0 Å². The number of rotatable bonds is 7. The fraction of sp³-hybridized carbons (Fsp3) is 0.273. The molecule has 27 heavy (non-hydrogen) atoms. The van der Waals surface area contributed by atoms with Gasteiger partial charge in [0.05, 0.1) is 12.1 Å². The van der Waals surface area contributed by atoms with Crippen molar-refractivity contribution in [2.45, 2.75) is 38.5 Å². The Bertz CT molecular complexity index is 855. The largest absolute Gasteiger partial charge is 0.460 e. The van der Waals surface area contributed by atoms with E-state index in [1.807, 2.05) is 18.2 Å². The van der Waals surface area contributed by atoms with Gasteiger partial charge in [-0.05, 0) is 49.6 Å². The van der Waals surface area contributed by atoms with Crippen LogP contribution in [0.15, 0.2) is 71.1 Å². The van der Waals surface area contributed by atoms with E-state index in [-0.39, 0.29) is 0 Å². The topological polar surface area (TPSA) is 25.2 Å². The Morgan fingerprint density at radius 2 is 1.74 bits per heavy atom. The summed E-state index contributed by atoms with van der Waals surface area (Å²) in [5.74, 6) is 1.14. The molecule has 0 fully saturated rings. The molecular formula is C22H22F3NO. The minimum absolute atomic E-state index is 0.298. The van der Waals surface area contributed by atoms with Crippen molar-refractivity contribution in [2.24, 2.45) is 0 Å². The smallest absolute Gasteiger partial charge is 0.416 e. The predicted octanol–water partition coefficient (Wildman–Crippen LogP) is 6.08. The molecule has 0 radical (unpaired) electrons. The minimum Gasteiger partial charge on any atom is -0.460 e. The van der Waals surface area contributed by atoms with Gasteiger partial charge in [-0.25, -0.2) is 0 Å². The van der Waals surface area contributed by atoms with Crippen LogP contribution in [-0.4, -0.2) is 6.04 Å². The average Bonchev–Trinajstić information content (AvgIpc) is 3.14. The molecule has 1 atom stereocenters. The molecule has 0 aliphatic rings. The maximum atomic E-state index is 12.9. The molecule has 0 amide bonds. The van der Waals surface area contributed by atoms with E-state index >= 15 is 0 Å². The summed E-state index contributed by atoms with van der Waals surface area (Å²) in [5, 5.41) is 3.40. The highest BCUT2D eigenvalue weighted by Crippen LogP contribution is 2.32. The number of hydrogen-bond donors (Lipinski definition) is 1. The number of hydrogen-bond acceptors (Lipinski definition) is 2. The second kappa shape index (κ2) is 8.44. The quantitative estimate of drug-likeness (QED) is 0.543. The first kappa shape index (κ1) is 19.2. The summed E-state index contributed by atoms with van der Waals surface area (Å²) in [6, 6.07) is 19.3. The first-order valence-corrected chi connectivity index (χ1v) is 8.95. The molecule has 0 aliphatic carbocycles. The van der Waals surface area contributed by atoms with Gasteiger partial charge in [-0.1, -0.05) is 42.5 Å². The average molecular weight is 373 g/mol. The van der Waals surface area contributed by atoms with Crippen LogP contribution in [0.2, 0.25) is 0 Å². The summed E-state index contributed by atoms with van der Waals surface area (Å²) in [4.78, 5) is 0. The fourth-order valence-corrected chi connectivity index (χ4v) is 2.88. The molecule has 5 heteroatoms. The Morgan fingerprint density at radius 1 is 0.963 bits per heavy atom. The summed E-state index contributed by atoms with van der Waals surface area (Å²) in [7, 11) is 0. The van der Waals surface area contributed by atoms with Crippen molar-refractivity contribution in [3.8, 4) is 11.3 Å².